The molecule has 3 aromatic carbocycles. The van der Waals surface area contributed by atoms with Crippen LogP contribution >= 0.6 is 0 Å². The number of carbonyl (C=O) groups is 1. The van der Waals surface area contributed by atoms with Gasteiger partial charge in [0.2, 0.25) is 0 Å². The number of ether oxygens (including phenoxy) is 2. The summed E-state index contributed by atoms with van der Waals surface area (Å²) in [6, 6.07) is 26.4. The fraction of sp³-hybridized carbons (Fsp3) is 0.276. The number of aryl methyl sites for hydroxylation is 1. The van der Waals surface area contributed by atoms with Gasteiger partial charge in [-0.15, -0.1) is 0 Å². The van der Waals surface area contributed by atoms with Gasteiger partial charge >= 0.3 is 5.97 Å². The molecule has 0 radical (unpaired) electrons. The molecule has 0 saturated carbocycles. The highest BCUT2D eigenvalue weighted by Gasteiger charge is 2.27. The first-order valence-corrected chi connectivity index (χ1v) is 12.0. The first-order valence-electron chi connectivity index (χ1n) is 12.0. The highest BCUT2D eigenvalue weighted by atomic mass is 35.5. The van der Waals surface area contributed by atoms with E-state index in [4.69, 9.17) is 9.47 Å². The van der Waals surface area contributed by atoms with Gasteiger partial charge in [-0.2, -0.15) is 0 Å². The van der Waals surface area contributed by atoms with Crippen molar-refractivity contribution in [2.75, 3.05) is 26.2 Å². The van der Waals surface area contributed by atoms with Crippen LogP contribution in [0.15, 0.2) is 78.9 Å². The fourth-order valence-electron chi connectivity index (χ4n) is 4.93. The number of hydrogen-bond donors (Lipinski definition) is 2. The minimum absolute atomic E-state index is 0. The van der Waals surface area contributed by atoms with E-state index < -0.39 is 0 Å². The van der Waals surface area contributed by atoms with Crippen molar-refractivity contribution < 1.29 is 31.6 Å². The van der Waals surface area contributed by atoms with Gasteiger partial charge in [-0.1, -0.05) is 60.7 Å². The predicted molar refractivity (Wildman–Crippen MR) is 133 cm³/mol. The summed E-state index contributed by atoms with van der Waals surface area (Å²) in [5, 5.41) is 0.839. The van der Waals surface area contributed by atoms with E-state index in [1.165, 1.54) is 18.5 Å². The quantitative estimate of drug-likeness (QED) is 0.366. The number of carbonyl (C=O) groups excluding carboxylic acids is 1. The summed E-state index contributed by atoms with van der Waals surface area (Å²) in [6.45, 7) is 6.11. The molecular weight excluding hydrogens is 460 g/mol. The third kappa shape index (κ3) is 5.87. The third-order valence-electron chi connectivity index (χ3n) is 6.75. The van der Waals surface area contributed by atoms with Crippen molar-refractivity contribution in [3.8, 4) is 5.75 Å². The standard InChI is InChI=1S/C29H30N2O3.ClH/c1-21-28(29(32)34-20-22-8-4-2-5-9-22)26-18-25(12-13-27(26)30-21)33-17-16-31-15-14-24(19-31)23-10-6-3-7-11-23;/h2-13,18,24,30H,14-17,19-20H2,1H3;1H. The van der Waals surface area contributed by atoms with Crippen LogP contribution in [-0.2, 0) is 11.3 Å². The SMILES string of the molecule is Cc1[nH]c2ccc(OCC[NH+]3CCC(c4ccccc4)C3)cc2c1C(=O)OCc1ccccc1.[Cl-]. The van der Waals surface area contributed by atoms with Crippen LogP contribution < -0.4 is 22.0 Å². The zero-order valence-electron chi connectivity index (χ0n) is 19.9. The maximum Gasteiger partial charge on any atom is 0.340 e. The number of esters is 1. The molecule has 1 aliphatic heterocycles. The molecular formula is C29H31ClN2O3. The molecule has 5 nitrogen and oxygen atoms in total. The summed E-state index contributed by atoms with van der Waals surface area (Å²) in [7, 11) is 0. The van der Waals surface area contributed by atoms with Crippen LogP contribution in [0.5, 0.6) is 5.75 Å². The second-order valence-electron chi connectivity index (χ2n) is 9.09. The van der Waals surface area contributed by atoms with E-state index in [9.17, 15) is 4.79 Å². The van der Waals surface area contributed by atoms with E-state index in [0.29, 0.717) is 18.1 Å². The zero-order chi connectivity index (χ0) is 23.3. The molecule has 2 heterocycles. The number of aromatic amines is 1. The largest absolute Gasteiger partial charge is 1.00 e. The van der Waals surface area contributed by atoms with E-state index >= 15 is 0 Å². The number of nitrogens with one attached hydrogen (secondary N) is 2. The molecule has 0 bridgehead atoms. The van der Waals surface area contributed by atoms with E-state index in [2.05, 4.69) is 35.3 Å². The molecule has 1 fully saturated rings. The molecule has 2 atom stereocenters. The van der Waals surface area contributed by atoms with Crippen molar-refractivity contribution in [1.29, 1.82) is 0 Å². The molecule has 1 aromatic heterocycles. The molecule has 2 unspecified atom stereocenters. The number of H-pyrrole nitrogens is 1. The van der Waals surface area contributed by atoms with Crippen molar-refractivity contribution in [2.45, 2.75) is 25.9 Å². The number of hydrogen-bond acceptors (Lipinski definition) is 3. The van der Waals surface area contributed by atoms with Gasteiger partial charge in [0.15, 0.2) is 0 Å². The molecule has 4 aromatic rings. The van der Waals surface area contributed by atoms with Gasteiger partial charge in [0, 0.05) is 28.9 Å². The molecule has 35 heavy (non-hydrogen) atoms. The first-order chi connectivity index (χ1) is 16.7. The summed E-state index contributed by atoms with van der Waals surface area (Å²) < 4.78 is 11.7. The molecule has 0 amide bonds. The second-order valence-corrected chi connectivity index (χ2v) is 9.09. The summed E-state index contributed by atoms with van der Waals surface area (Å²) in [6.07, 6.45) is 1.22. The van der Waals surface area contributed by atoms with Crippen molar-refractivity contribution in [3.63, 3.8) is 0 Å². The molecule has 1 saturated heterocycles. The number of rotatable bonds is 8. The maximum atomic E-state index is 12.9. The Morgan fingerprint density at radius 2 is 1.77 bits per heavy atom. The Balaban J connectivity index is 0.00000289. The summed E-state index contributed by atoms with van der Waals surface area (Å²) in [5.74, 6) is 1.10. The first kappa shape index (κ1) is 24.8. The van der Waals surface area contributed by atoms with Crippen LogP contribution in [0, 0.1) is 6.92 Å². The number of aromatic nitrogens is 1. The van der Waals surface area contributed by atoms with Crippen LogP contribution in [0.4, 0.5) is 0 Å². The normalized spacial score (nSPS) is 17.2. The zero-order valence-corrected chi connectivity index (χ0v) is 20.7. The smallest absolute Gasteiger partial charge is 0.340 e. The number of fused-ring (bicyclic) bond motifs is 1. The summed E-state index contributed by atoms with van der Waals surface area (Å²) in [5.41, 5.74) is 4.70. The van der Waals surface area contributed by atoms with Crippen molar-refractivity contribution in [2.24, 2.45) is 0 Å². The van der Waals surface area contributed by atoms with Crippen molar-refractivity contribution in [1.82, 2.24) is 4.98 Å². The van der Waals surface area contributed by atoms with Crippen molar-refractivity contribution in [3.05, 3.63) is 101 Å². The lowest BCUT2D eigenvalue weighted by molar-refractivity contribution is -0.888. The molecule has 0 spiro atoms. The summed E-state index contributed by atoms with van der Waals surface area (Å²) in [4.78, 5) is 17.7. The van der Waals surface area contributed by atoms with E-state index in [0.717, 1.165) is 41.0 Å². The Hall–Kier alpha value is -3.28. The topological polar surface area (TPSA) is 55.8 Å². The molecule has 1 aliphatic rings. The molecule has 182 valence electrons. The number of likely N-dealkylation sites (tertiary alicyclic amines) is 1. The van der Waals surface area contributed by atoms with Gasteiger partial charge in [0.1, 0.15) is 25.5 Å². The fourth-order valence-corrected chi connectivity index (χ4v) is 4.93. The van der Waals surface area contributed by atoms with Crippen LogP contribution in [0.3, 0.4) is 0 Å². The Bertz CT molecular complexity index is 1260. The highest BCUT2D eigenvalue weighted by molar-refractivity contribution is 6.05. The van der Waals surface area contributed by atoms with E-state index in [1.54, 1.807) is 4.90 Å². The Labute approximate surface area is 212 Å². The van der Waals surface area contributed by atoms with Gasteiger partial charge in [0.25, 0.3) is 0 Å². The third-order valence-corrected chi connectivity index (χ3v) is 6.75. The van der Waals surface area contributed by atoms with Crippen LogP contribution in [-0.4, -0.2) is 37.2 Å². The van der Waals surface area contributed by atoms with Gasteiger partial charge in [-0.25, -0.2) is 4.79 Å². The maximum absolute atomic E-state index is 12.9. The van der Waals surface area contributed by atoms with Crippen molar-refractivity contribution >= 4 is 16.9 Å². The molecule has 6 heteroatoms. The summed E-state index contributed by atoms with van der Waals surface area (Å²) >= 11 is 0. The van der Waals surface area contributed by atoms with E-state index in [1.807, 2.05) is 55.5 Å². The minimum atomic E-state index is -0.321. The van der Waals surface area contributed by atoms with Gasteiger partial charge < -0.3 is 31.8 Å². The van der Waals surface area contributed by atoms with Gasteiger partial charge in [0.05, 0.1) is 18.7 Å². The Kier molecular flexibility index (Phi) is 8.11. The predicted octanol–water partition coefficient (Wildman–Crippen LogP) is 1.29. The van der Waals surface area contributed by atoms with E-state index in [-0.39, 0.29) is 25.0 Å². The number of quaternary nitrogens is 1. The lowest BCUT2D eigenvalue weighted by Crippen LogP contribution is -3.10. The number of halogens is 1. The van der Waals surface area contributed by atoms with Crippen LogP contribution in [0.2, 0.25) is 0 Å². The molecule has 0 aliphatic carbocycles. The highest BCUT2D eigenvalue weighted by Crippen LogP contribution is 2.27. The van der Waals surface area contributed by atoms with Crippen LogP contribution in [0.1, 0.15) is 39.5 Å². The number of benzene rings is 3. The van der Waals surface area contributed by atoms with Gasteiger partial charge in [-0.3, -0.25) is 0 Å². The monoisotopic (exact) mass is 490 g/mol. The lowest BCUT2D eigenvalue weighted by Gasteiger charge is -2.14. The Morgan fingerprint density at radius 3 is 2.54 bits per heavy atom. The Morgan fingerprint density at radius 1 is 1.03 bits per heavy atom. The average molecular weight is 491 g/mol. The molecule has 5 rings (SSSR count). The minimum Gasteiger partial charge on any atom is -1.00 e. The van der Waals surface area contributed by atoms with Gasteiger partial charge in [-0.05, 0) is 36.2 Å². The lowest BCUT2D eigenvalue weighted by atomic mass is 9.99. The molecule has 2 N–H and O–H groups in total. The average Bonchev–Trinajstić information content (AvgIpc) is 3.47. The second kappa shape index (κ2) is 11.4. The van der Waals surface area contributed by atoms with Crippen LogP contribution in [0.25, 0.3) is 10.9 Å².